The van der Waals surface area contributed by atoms with Crippen molar-refractivity contribution in [2.24, 2.45) is 0 Å². The number of halogens is 2. The van der Waals surface area contributed by atoms with Crippen molar-refractivity contribution in [1.82, 2.24) is 24.5 Å². The van der Waals surface area contributed by atoms with Crippen LogP contribution in [0.15, 0.2) is 48.8 Å². The van der Waals surface area contributed by atoms with Gasteiger partial charge in [0, 0.05) is 23.9 Å². The third-order valence-corrected chi connectivity index (χ3v) is 4.57. The second-order valence-electron chi connectivity index (χ2n) is 6.41. The maximum atomic E-state index is 13.8. The summed E-state index contributed by atoms with van der Waals surface area (Å²) in [5.74, 6) is 0. The third-order valence-electron chi connectivity index (χ3n) is 4.57. The quantitative estimate of drug-likeness (QED) is 0.518. The van der Waals surface area contributed by atoms with E-state index in [1.54, 1.807) is 22.5 Å². The summed E-state index contributed by atoms with van der Waals surface area (Å²) in [6.07, 6.45) is 0.856. The van der Waals surface area contributed by atoms with E-state index in [9.17, 15) is 8.78 Å². The summed E-state index contributed by atoms with van der Waals surface area (Å²) in [5, 5.41) is 9.14. The molecular formula is C20H19F2N5. The second kappa shape index (κ2) is 6.90. The minimum atomic E-state index is -2.61. The molecule has 0 N–H and O–H groups in total. The Balaban J connectivity index is 1.90. The van der Waals surface area contributed by atoms with Gasteiger partial charge in [-0.3, -0.25) is 4.68 Å². The number of pyridine rings is 1. The van der Waals surface area contributed by atoms with E-state index < -0.39 is 6.43 Å². The Morgan fingerprint density at radius 3 is 2.59 bits per heavy atom. The SMILES string of the molecule is CCn1cc(-c2cc(C(F)F)c3c(C)nn(Cc4ccccc4)c3n2)cn1. The summed E-state index contributed by atoms with van der Waals surface area (Å²) in [6, 6.07) is 11.2. The van der Waals surface area contributed by atoms with E-state index in [0.717, 1.165) is 5.56 Å². The molecule has 0 atom stereocenters. The standard InChI is InChI=1S/C20H19F2N5/c1-3-26-12-15(10-23-26)17-9-16(19(21)22)18-13(2)25-27(20(18)24-17)11-14-7-5-4-6-8-14/h4-10,12,19H,3,11H2,1-2H3. The Morgan fingerprint density at radius 2 is 1.93 bits per heavy atom. The van der Waals surface area contributed by atoms with Gasteiger partial charge in [0.05, 0.1) is 29.5 Å². The molecule has 0 amide bonds. The van der Waals surface area contributed by atoms with Crippen LogP contribution in [0.3, 0.4) is 0 Å². The smallest absolute Gasteiger partial charge is 0.264 e. The Morgan fingerprint density at radius 1 is 1.15 bits per heavy atom. The zero-order valence-corrected chi connectivity index (χ0v) is 15.1. The summed E-state index contributed by atoms with van der Waals surface area (Å²) in [5.41, 5.74) is 3.20. The maximum absolute atomic E-state index is 13.8. The van der Waals surface area contributed by atoms with E-state index in [0.29, 0.717) is 41.1 Å². The van der Waals surface area contributed by atoms with Crippen molar-refractivity contribution in [3.8, 4) is 11.3 Å². The summed E-state index contributed by atoms with van der Waals surface area (Å²) in [6.45, 7) is 4.88. The predicted molar refractivity (Wildman–Crippen MR) is 99.7 cm³/mol. The van der Waals surface area contributed by atoms with Crippen LogP contribution in [0.4, 0.5) is 8.78 Å². The molecule has 7 heteroatoms. The van der Waals surface area contributed by atoms with Crippen LogP contribution < -0.4 is 0 Å². The van der Waals surface area contributed by atoms with Crippen LogP contribution in [-0.4, -0.2) is 24.5 Å². The molecule has 3 heterocycles. The molecule has 0 radical (unpaired) electrons. The van der Waals surface area contributed by atoms with Gasteiger partial charge in [-0.15, -0.1) is 0 Å². The highest BCUT2D eigenvalue weighted by atomic mass is 19.3. The minimum Gasteiger partial charge on any atom is -0.272 e. The van der Waals surface area contributed by atoms with E-state index in [4.69, 9.17) is 0 Å². The minimum absolute atomic E-state index is 0.0453. The number of hydrogen-bond acceptors (Lipinski definition) is 3. The first-order chi connectivity index (χ1) is 13.1. The van der Waals surface area contributed by atoms with Gasteiger partial charge in [-0.2, -0.15) is 10.2 Å². The lowest BCUT2D eigenvalue weighted by Gasteiger charge is -2.08. The van der Waals surface area contributed by atoms with Crippen LogP contribution in [0.5, 0.6) is 0 Å². The molecular weight excluding hydrogens is 348 g/mol. The molecule has 0 fully saturated rings. The number of aryl methyl sites for hydroxylation is 2. The average Bonchev–Trinajstić information content (AvgIpc) is 3.27. The first-order valence-electron chi connectivity index (χ1n) is 8.79. The highest BCUT2D eigenvalue weighted by Crippen LogP contribution is 2.33. The Bertz CT molecular complexity index is 1080. The van der Waals surface area contributed by atoms with Gasteiger partial charge in [0.1, 0.15) is 0 Å². The molecule has 0 aliphatic carbocycles. The molecule has 0 saturated heterocycles. The molecule has 0 aliphatic heterocycles. The Labute approximate surface area is 155 Å². The zero-order chi connectivity index (χ0) is 19.0. The van der Waals surface area contributed by atoms with Crippen LogP contribution in [0.2, 0.25) is 0 Å². The van der Waals surface area contributed by atoms with Crippen LogP contribution in [-0.2, 0) is 13.1 Å². The van der Waals surface area contributed by atoms with Crippen molar-refractivity contribution in [1.29, 1.82) is 0 Å². The zero-order valence-electron chi connectivity index (χ0n) is 15.1. The number of rotatable bonds is 5. The summed E-state index contributed by atoms with van der Waals surface area (Å²) in [7, 11) is 0. The van der Waals surface area contributed by atoms with Gasteiger partial charge < -0.3 is 0 Å². The fraction of sp³-hybridized carbons (Fsp3) is 0.250. The van der Waals surface area contributed by atoms with Gasteiger partial charge in [0.15, 0.2) is 5.65 Å². The van der Waals surface area contributed by atoms with Gasteiger partial charge in [-0.1, -0.05) is 30.3 Å². The van der Waals surface area contributed by atoms with Crippen molar-refractivity contribution in [3.05, 3.63) is 65.6 Å². The summed E-state index contributed by atoms with van der Waals surface area (Å²) < 4.78 is 31.0. The number of benzene rings is 1. The molecule has 3 aromatic heterocycles. The van der Waals surface area contributed by atoms with E-state index in [1.165, 1.54) is 6.07 Å². The Hall–Kier alpha value is -3.09. The van der Waals surface area contributed by atoms with Crippen LogP contribution in [0.25, 0.3) is 22.3 Å². The van der Waals surface area contributed by atoms with Crippen LogP contribution in [0.1, 0.15) is 30.2 Å². The van der Waals surface area contributed by atoms with Crippen molar-refractivity contribution >= 4 is 11.0 Å². The van der Waals surface area contributed by atoms with E-state index in [2.05, 4.69) is 15.2 Å². The normalized spacial score (nSPS) is 11.6. The summed E-state index contributed by atoms with van der Waals surface area (Å²) >= 11 is 0. The van der Waals surface area contributed by atoms with Crippen molar-refractivity contribution in [2.75, 3.05) is 0 Å². The molecule has 5 nitrogen and oxygen atoms in total. The van der Waals surface area contributed by atoms with Crippen LogP contribution in [0, 0.1) is 6.92 Å². The predicted octanol–water partition coefficient (Wildman–Crippen LogP) is 4.61. The maximum Gasteiger partial charge on any atom is 0.264 e. The van der Waals surface area contributed by atoms with E-state index >= 15 is 0 Å². The van der Waals surface area contributed by atoms with Crippen molar-refractivity contribution < 1.29 is 8.78 Å². The fourth-order valence-electron chi connectivity index (χ4n) is 3.24. The topological polar surface area (TPSA) is 48.5 Å². The monoisotopic (exact) mass is 367 g/mol. The molecule has 4 rings (SSSR count). The number of nitrogens with zero attached hydrogens (tertiary/aromatic N) is 5. The molecule has 1 aromatic carbocycles. The number of fused-ring (bicyclic) bond motifs is 1. The first kappa shape index (κ1) is 17.3. The van der Waals surface area contributed by atoms with Gasteiger partial charge in [0.2, 0.25) is 0 Å². The summed E-state index contributed by atoms with van der Waals surface area (Å²) in [4.78, 5) is 4.67. The highest BCUT2D eigenvalue weighted by Gasteiger charge is 2.21. The lowest BCUT2D eigenvalue weighted by Crippen LogP contribution is -2.03. The van der Waals surface area contributed by atoms with Gasteiger partial charge in [0.25, 0.3) is 6.43 Å². The molecule has 0 unspecified atom stereocenters. The molecule has 0 spiro atoms. The number of hydrogen-bond donors (Lipinski definition) is 0. The number of aromatic nitrogens is 5. The van der Waals surface area contributed by atoms with E-state index in [1.807, 2.05) is 43.5 Å². The highest BCUT2D eigenvalue weighted by molar-refractivity contribution is 5.85. The molecule has 27 heavy (non-hydrogen) atoms. The van der Waals surface area contributed by atoms with E-state index in [-0.39, 0.29) is 5.56 Å². The van der Waals surface area contributed by atoms with Gasteiger partial charge in [-0.25, -0.2) is 18.4 Å². The molecule has 4 aromatic rings. The first-order valence-corrected chi connectivity index (χ1v) is 8.79. The molecule has 0 saturated carbocycles. The third kappa shape index (κ3) is 3.20. The second-order valence-corrected chi connectivity index (χ2v) is 6.41. The van der Waals surface area contributed by atoms with Gasteiger partial charge in [-0.05, 0) is 25.5 Å². The fourth-order valence-corrected chi connectivity index (χ4v) is 3.24. The lowest BCUT2D eigenvalue weighted by atomic mass is 10.1. The van der Waals surface area contributed by atoms with Gasteiger partial charge >= 0.3 is 0 Å². The lowest BCUT2D eigenvalue weighted by molar-refractivity contribution is 0.153. The molecule has 138 valence electrons. The molecule has 0 bridgehead atoms. The average molecular weight is 367 g/mol. The van der Waals surface area contributed by atoms with Crippen molar-refractivity contribution in [3.63, 3.8) is 0 Å². The Kier molecular flexibility index (Phi) is 4.43. The van der Waals surface area contributed by atoms with Crippen molar-refractivity contribution in [2.45, 2.75) is 33.4 Å². The van der Waals surface area contributed by atoms with Crippen LogP contribution >= 0.6 is 0 Å². The largest absolute Gasteiger partial charge is 0.272 e. The number of alkyl halides is 2. The molecule has 0 aliphatic rings.